The maximum atomic E-state index is 6.15. The second kappa shape index (κ2) is 6.79. The Kier molecular flexibility index (Phi) is 5.33. The quantitative estimate of drug-likeness (QED) is 0.787. The molecular formula is C14H16BrNOS2. The maximum Gasteiger partial charge on any atom is 0.132 e. The molecule has 102 valence electrons. The first kappa shape index (κ1) is 14.9. The summed E-state index contributed by atoms with van der Waals surface area (Å²) in [7, 11) is 1.70. The van der Waals surface area contributed by atoms with Gasteiger partial charge in [0.25, 0.3) is 0 Å². The lowest BCUT2D eigenvalue weighted by Gasteiger charge is -2.20. The van der Waals surface area contributed by atoms with Gasteiger partial charge in [-0.1, -0.05) is 12.1 Å². The first-order valence-electron chi connectivity index (χ1n) is 5.92. The van der Waals surface area contributed by atoms with Gasteiger partial charge in [0.05, 0.1) is 21.0 Å². The monoisotopic (exact) mass is 357 g/mol. The van der Waals surface area contributed by atoms with E-state index < -0.39 is 0 Å². The summed E-state index contributed by atoms with van der Waals surface area (Å²) in [4.78, 5) is 2.40. The summed E-state index contributed by atoms with van der Waals surface area (Å²) in [6.07, 6.45) is 0. The van der Waals surface area contributed by atoms with Crippen molar-refractivity contribution in [1.82, 2.24) is 0 Å². The van der Waals surface area contributed by atoms with Gasteiger partial charge in [-0.3, -0.25) is 0 Å². The van der Waals surface area contributed by atoms with Crippen molar-refractivity contribution < 1.29 is 4.74 Å². The van der Waals surface area contributed by atoms with Crippen molar-refractivity contribution in [1.29, 1.82) is 0 Å². The van der Waals surface area contributed by atoms with E-state index in [0.717, 1.165) is 14.4 Å². The molecule has 1 aromatic carbocycles. The van der Waals surface area contributed by atoms with E-state index in [1.165, 1.54) is 4.88 Å². The molecule has 2 rings (SSSR count). The molecule has 19 heavy (non-hydrogen) atoms. The number of benzene rings is 1. The van der Waals surface area contributed by atoms with Gasteiger partial charge in [-0.2, -0.15) is 0 Å². The van der Waals surface area contributed by atoms with Crippen LogP contribution in [0.15, 0.2) is 45.1 Å². The largest absolute Gasteiger partial charge is 0.496 e. The molecular weight excluding hydrogens is 342 g/mol. The normalized spacial score (nSPS) is 14.1. The second-order valence-corrected chi connectivity index (χ2v) is 7.87. The molecule has 2 N–H and O–H groups in total. The van der Waals surface area contributed by atoms with Gasteiger partial charge in [-0.05, 0) is 47.1 Å². The fourth-order valence-corrected chi connectivity index (χ4v) is 4.68. The summed E-state index contributed by atoms with van der Waals surface area (Å²) < 4.78 is 6.53. The zero-order valence-corrected chi connectivity index (χ0v) is 14.0. The van der Waals surface area contributed by atoms with Gasteiger partial charge in [0.15, 0.2) is 0 Å². The SMILES string of the molecule is COc1ccccc1SC(c1ccc(Br)s1)C(C)N. The fourth-order valence-electron chi connectivity index (χ4n) is 1.76. The average molecular weight is 358 g/mol. The molecule has 0 fully saturated rings. The van der Waals surface area contributed by atoms with E-state index in [4.69, 9.17) is 10.5 Å². The number of para-hydroxylation sites is 1. The molecule has 1 aromatic heterocycles. The zero-order chi connectivity index (χ0) is 13.8. The van der Waals surface area contributed by atoms with Gasteiger partial charge < -0.3 is 10.5 Å². The number of hydrogen-bond acceptors (Lipinski definition) is 4. The van der Waals surface area contributed by atoms with Crippen LogP contribution in [0.4, 0.5) is 0 Å². The van der Waals surface area contributed by atoms with Crippen molar-refractivity contribution in [3.8, 4) is 5.75 Å². The number of nitrogens with two attached hydrogens (primary N) is 1. The number of thiophene rings is 1. The van der Waals surface area contributed by atoms with Crippen molar-refractivity contribution in [2.75, 3.05) is 7.11 Å². The van der Waals surface area contributed by atoms with Crippen molar-refractivity contribution >= 4 is 39.0 Å². The van der Waals surface area contributed by atoms with Crippen LogP contribution in [0.1, 0.15) is 17.1 Å². The summed E-state index contributed by atoms with van der Waals surface area (Å²) in [6.45, 7) is 2.04. The Morgan fingerprint density at radius 1 is 1.26 bits per heavy atom. The molecule has 0 spiro atoms. The van der Waals surface area contributed by atoms with Crippen LogP contribution in [0.2, 0.25) is 0 Å². The lowest BCUT2D eigenvalue weighted by atomic mass is 10.2. The van der Waals surface area contributed by atoms with Crippen molar-refractivity contribution in [3.05, 3.63) is 45.1 Å². The summed E-state index contributed by atoms with van der Waals surface area (Å²) in [5.41, 5.74) is 6.15. The lowest BCUT2D eigenvalue weighted by Crippen LogP contribution is -2.21. The minimum atomic E-state index is 0.0699. The number of hydrogen-bond donors (Lipinski definition) is 1. The smallest absolute Gasteiger partial charge is 0.132 e. The molecule has 5 heteroatoms. The first-order chi connectivity index (χ1) is 9.11. The minimum Gasteiger partial charge on any atom is -0.496 e. The molecule has 2 nitrogen and oxygen atoms in total. The average Bonchev–Trinajstić information content (AvgIpc) is 2.82. The van der Waals surface area contributed by atoms with Crippen LogP contribution >= 0.6 is 39.0 Å². The summed E-state index contributed by atoms with van der Waals surface area (Å²) >= 11 is 6.99. The molecule has 1 heterocycles. The molecule has 0 aliphatic carbocycles. The highest BCUT2D eigenvalue weighted by molar-refractivity contribution is 9.11. The van der Waals surface area contributed by atoms with Gasteiger partial charge in [0, 0.05) is 10.9 Å². The molecule has 0 radical (unpaired) electrons. The molecule has 0 aliphatic rings. The molecule has 0 amide bonds. The van der Waals surface area contributed by atoms with Gasteiger partial charge in [-0.25, -0.2) is 0 Å². The van der Waals surface area contributed by atoms with Crippen LogP contribution in [0.3, 0.4) is 0 Å². The summed E-state index contributed by atoms with van der Waals surface area (Å²) in [5, 5.41) is 0.229. The number of methoxy groups -OCH3 is 1. The lowest BCUT2D eigenvalue weighted by molar-refractivity contribution is 0.404. The number of halogens is 1. The number of thioether (sulfide) groups is 1. The number of ether oxygens (including phenoxy) is 1. The van der Waals surface area contributed by atoms with Crippen molar-refractivity contribution in [3.63, 3.8) is 0 Å². The first-order valence-corrected chi connectivity index (χ1v) is 8.41. The standard InChI is InChI=1S/C14H16BrNOS2/c1-9(16)14(12-7-8-13(15)18-12)19-11-6-4-3-5-10(11)17-2/h3-9,14H,16H2,1-2H3. The van der Waals surface area contributed by atoms with Crippen LogP contribution in [0, 0.1) is 0 Å². The third-order valence-corrected chi connectivity index (χ3v) is 6.06. The van der Waals surface area contributed by atoms with Crippen LogP contribution in [-0.2, 0) is 0 Å². The Hall–Kier alpha value is -0.490. The Labute approximate surface area is 130 Å². The number of rotatable bonds is 5. The zero-order valence-electron chi connectivity index (χ0n) is 10.8. The Morgan fingerprint density at radius 3 is 2.58 bits per heavy atom. The van der Waals surface area contributed by atoms with Crippen LogP contribution in [0.25, 0.3) is 0 Å². The molecule has 0 saturated carbocycles. The molecule has 0 saturated heterocycles. The predicted octanol–water partition coefficient (Wildman–Crippen LogP) is 4.70. The van der Waals surface area contributed by atoms with E-state index in [9.17, 15) is 0 Å². The van der Waals surface area contributed by atoms with Gasteiger partial charge >= 0.3 is 0 Å². The maximum absolute atomic E-state index is 6.15. The van der Waals surface area contributed by atoms with Crippen LogP contribution in [0.5, 0.6) is 5.75 Å². The van der Waals surface area contributed by atoms with E-state index >= 15 is 0 Å². The molecule has 2 aromatic rings. The van der Waals surface area contributed by atoms with E-state index in [-0.39, 0.29) is 11.3 Å². The Bertz CT molecular complexity index is 542. The van der Waals surface area contributed by atoms with E-state index in [1.807, 2.05) is 25.1 Å². The summed E-state index contributed by atoms with van der Waals surface area (Å²) in [6, 6.07) is 12.3. The fraction of sp³-hybridized carbons (Fsp3) is 0.286. The van der Waals surface area contributed by atoms with Crippen molar-refractivity contribution in [2.24, 2.45) is 5.73 Å². The topological polar surface area (TPSA) is 35.2 Å². The van der Waals surface area contributed by atoms with Gasteiger partial charge in [-0.15, -0.1) is 23.1 Å². The van der Waals surface area contributed by atoms with Gasteiger partial charge in [0.1, 0.15) is 5.75 Å². The third kappa shape index (κ3) is 3.75. The molecule has 0 bridgehead atoms. The highest BCUT2D eigenvalue weighted by atomic mass is 79.9. The van der Waals surface area contributed by atoms with E-state index in [2.05, 4.69) is 34.1 Å². The van der Waals surface area contributed by atoms with Gasteiger partial charge in [0.2, 0.25) is 0 Å². The Morgan fingerprint density at radius 2 is 2.00 bits per heavy atom. The molecule has 2 unspecified atom stereocenters. The van der Waals surface area contributed by atoms with E-state index in [1.54, 1.807) is 30.2 Å². The van der Waals surface area contributed by atoms with Crippen LogP contribution in [-0.4, -0.2) is 13.2 Å². The minimum absolute atomic E-state index is 0.0699. The Balaban J connectivity index is 2.26. The molecule has 2 atom stereocenters. The molecule has 0 aliphatic heterocycles. The second-order valence-electron chi connectivity index (χ2n) is 4.19. The van der Waals surface area contributed by atoms with Crippen LogP contribution < -0.4 is 10.5 Å². The van der Waals surface area contributed by atoms with E-state index in [0.29, 0.717) is 0 Å². The predicted molar refractivity (Wildman–Crippen MR) is 87.3 cm³/mol. The summed E-state index contributed by atoms with van der Waals surface area (Å²) in [5.74, 6) is 0.897. The highest BCUT2D eigenvalue weighted by Crippen LogP contribution is 2.44. The van der Waals surface area contributed by atoms with Crippen molar-refractivity contribution in [2.45, 2.75) is 23.1 Å². The third-order valence-electron chi connectivity index (χ3n) is 2.67. The highest BCUT2D eigenvalue weighted by Gasteiger charge is 2.21.